The summed E-state index contributed by atoms with van der Waals surface area (Å²) in [4.78, 5) is 10.4. The van der Waals surface area contributed by atoms with Crippen LogP contribution < -0.4 is 4.90 Å². The van der Waals surface area contributed by atoms with Gasteiger partial charge < -0.3 is 9.64 Å². The number of rotatable bonds is 3. The van der Waals surface area contributed by atoms with Gasteiger partial charge in [0.15, 0.2) is 0 Å². The molecule has 3 heterocycles. The van der Waals surface area contributed by atoms with E-state index in [0.717, 1.165) is 5.82 Å². The molecule has 23 heavy (non-hydrogen) atoms. The first kappa shape index (κ1) is 16.6. The number of nitrogens with zero attached hydrogens (tertiary/aromatic N) is 5. The average molecular weight is 341 g/mol. The zero-order chi connectivity index (χ0) is 16.4. The molecule has 2 aliphatic rings. The van der Waals surface area contributed by atoms with Crippen LogP contribution in [0.3, 0.4) is 0 Å². The Morgan fingerprint density at radius 2 is 1.70 bits per heavy atom. The van der Waals surface area contributed by atoms with Crippen molar-refractivity contribution in [3.63, 3.8) is 0 Å². The quantitative estimate of drug-likeness (QED) is 0.767. The molecule has 2 aliphatic heterocycles. The minimum Gasteiger partial charge on any atom is -0.373 e. The van der Waals surface area contributed by atoms with E-state index in [4.69, 9.17) is 4.74 Å². The molecule has 0 amide bonds. The number of aromatic nitrogens is 2. The average Bonchev–Trinajstić information content (AvgIpc) is 2.55. The lowest BCUT2D eigenvalue weighted by Gasteiger charge is -2.40. The predicted molar refractivity (Wildman–Crippen MR) is 86.3 cm³/mol. The number of hydrogen-bond acceptors (Lipinski definition) is 6. The summed E-state index contributed by atoms with van der Waals surface area (Å²) in [6, 6.07) is 0. The highest BCUT2D eigenvalue weighted by Crippen LogP contribution is 2.20. The molecule has 8 nitrogen and oxygen atoms in total. The van der Waals surface area contributed by atoms with Crippen LogP contribution in [0.2, 0.25) is 0 Å². The SMILES string of the molecule is CC1CN(S(=O)(=O)N2CCN(c3cnccn3)CC2)CC(C)O1. The van der Waals surface area contributed by atoms with Crippen LogP contribution in [-0.4, -0.2) is 78.5 Å². The molecule has 0 bridgehead atoms. The molecule has 3 rings (SSSR count). The molecule has 1 aromatic heterocycles. The summed E-state index contributed by atoms with van der Waals surface area (Å²) in [6.07, 6.45) is 4.83. The molecule has 0 radical (unpaired) electrons. The summed E-state index contributed by atoms with van der Waals surface area (Å²) in [5.74, 6) is 0.790. The molecule has 2 saturated heterocycles. The standard InChI is InChI=1S/C14H23N5O3S/c1-12-10-19(11-13(2)22-12)23(20,21)18-7-5-17(6-8-18)14-9-15-3-4-16-14/h3-4,9,12-13H,5-8,10-11H2,1-2H3. The van der Waals surface area contributed by atoms with Crippen LogP contribution in [0.4, 0.5) is 5.82 Å². The van der Waals surface area contributed by atoms with Crippen LogP contribution in [0, 0.1) is 0 Å². The zero-order valence-corrected chi connectivity index (χ0v) is 14.3. The Labute approximate surface area is 137 Å². The highest BCUT2D eigenvalue weighted by molar-refractivity contribution is 7.86. The van der Waals surface area contributed by atoms with Crippen molar-refractivity contribution in [3.8, 4) is 0 Å². The Kier molecular flexibility index (Phi) is 4.81. The summed E-state index contributed by atoms with van der Waals surface area (Å²) in [5.41, 5.74) is 0. The maximum absolute atomic E-state index is 12.8. The van der Waals surface area contributed by atoms with Crippen LogP contribution in [0.1, 0.15) is 13.8 Å². The van der Waals surface area contributed by atoms with E-state index in [0.29, 0.717) is 39.3 Å². The fourth-order valence-corrected chi connectivity index (χ4v) is 4.83. The normalized spacial score (nSPS) is 28.0. The van der Waals surface area contributed by atoms with Gasteiger partial charge in [-0.1, -0.05) is 0 Å². The third kappa shape index (κ3) is 3.63. The van der Waals surface area contributed by atoms with Gasteiger partial charge in [-0.25, -0.2) is 4.98 Å². The maximum Gasteiger partial charge on any atom is 0.282 e. The number of ether oxygens (including phenoxy) is 1. The Balaban J connectivity index is 1.64. The van der Waals surface area contributed by atoms with E-state index in [9.17, 15) is 8.42 Å². The van der Waals surface area contributed by atoms with E-state index in [1.165, 1.54) is 0 Å². The number of piperazine rings is 1. The van der Waals surface area contributed by atoms with Crippen LogP contribution in [0.15, 0.2) is 18.6 Å². The predicted octanol–water partition coefficient (Wildman–Crippen LogP) is -0.0474. The first-order valence-corrected chi connectivity index (χ1v) is 9.28. The van der Waals surface area contributed by atoms with Crippen LogP contribution >= 0.6 is 0 Å². The van der Waals surface area contributed by atoms with Gasteiger partial charge in [0.05, 0.1) is 18.4 Å². The molecular weight excluding hydrogens is 318 g/mol. The van der Waals surface area contributed by atoms with Gasteiger partial charge in [-0.3, -0.25) is 4.98 Å². The van der Waals surface area contributed by atoms with E-state index in [1.807, 2.05) is 13.8 Å². The molecule has 0 aromatic carbocycles. The van der Waals surface area contributed by atoms with Crippen molar-refractivity contribution in [2.24, 2.45) is 0 Å². The molecule has 2 fully saturated rings. The lowest BCUT2D eigenvalue weighted by Crippen LogP contribution is -2.57. The van der Waals surface area contributed by atoms with Gasteiger partial charge >= 0.3 is 0 Å². The van der Waals surface area contributed by atoms with E-state index < -0.39 is 10.2 Å². The van der Waals surface area contributed by atoms with Crippen molar-refractivity contribution in [2.45, 2.75) is 26.1 Å². The molecule has 0 aliphatic carbocycles. The Morgan fingerprint density at radius 1 is 1.04 bits per heavy atom. The second kappa shape index (κ2) is 6.68. The summed E-state index contributed by atoms with van der Waals surface area (Å²) in [7, 11) is -3.43. The summed E-state index contributed by atoms with van der Waals surface area (Å²) >= 11 is 0. The molecule has 0 N–H and O–H groups in total. The monoisotopic (exact) mass is 341 g/mol. The third-order valence-electron chi connectivity index (χ3n) is 4.15. The smallest absolute Gasteiger partial charge is 0.282 e. The van der Waals surface area contributed by atoms with Crippen molar-refractivity contribution in [1.82, 2.24) is 18.6 Å². The van der Waals surface area contributed by atoms with Crippen molar-refractivity contribution in [3.05, 3.63) is 18.6 Å². The number of hydrogen-bond donors (Lipinski definition) is 0. The Hall–Kier alpha value is -1.29. The molecule has 1 aromatic rings. The minimum absolute atomic E-state index is 0.0746. The van der Waals surface area contributed by atoms with E-state index in [-0.39, 0.29) is 12.2 Å². The van der Waals surface area contributed by atoms with Gasteiger partial charge in [0.1, 0.15) is 5.82 Å². The third-order valence-corrected chi connectivity index (χ3v) is 6.12. The van der Waals surface area contributed by atoms with E-state index >= 15 is 0 Å². The highest BCUT2D eigenvalue weighted by atomic mass is 32.2. The van der Waals surface area contributed by atoms with Gasteiger partial charge in [0.2, 0.25) is 0 Å². The van der Waals surface area contributed by atoms with Crippen molar-refractivity contribution < 1.29 is 13.2 Å². The van der Waals surface area contributed by atoms with Gasteiger partial charge in [-0.15, -0.1) is 0 Å². The summed E-state index contributed by atoms with van der Waals surface area (Å²) in [5, 5.41) is 0. The van der Waals surface area contributed by atoms with Gasteiger partial charge in [-0.2, -0.15) is 17.0 Å². The molecule has 2 atom stereocenters. The largest absolute Gasteiger partial charge is 0.373 e. The molecule has 9 heteroatoms. The lowest BCUT2D eigenvalue weighted by atomic mass is 10.3. The topological polar surface area (TPSA) is 78.9 Å². The molecular formula is C14H23N5O3S. The second-order valence-electron chi connectivity index (χ2n) is 6.03. The summed E-state index contributed by atoms with van der Waals surface area (Å²) in [6.45, 7) is 6.79. The van der Waals surface area contributed by atoms with Crippen LogP contribution in [-0.2, 0) is 14.9 Å². The van der Waals surface area contributed by atoms with Crippen LogP contribution in [0.25, 0.3) is 0 Å². The van der Waals surface area contributed by atoms with E-state index in [1.54, 1.807) is 27.2 Å². The first-order valence-electron chi connectivity index (χ1n) is 7.88. The van der Waals surface area contributed by atoms with Gasteiger partial charge in [-0.05, 0) is 13.8 Å². The van der Waals surface area contributed by atoms with Gasteiger partial charge in [0, 0.05) is 51.7 Å². The number of morpholine rings is 1. The number of anilines is 1. The van der Waals surface area contributed by atoms with Crippen molar-refractivity contribution >= 4 is 16.0 Å². The van der Waals surface area contributed by atoms with Crippen LogP contribution in [0.5, 0.6) is 0 Å². The molecule has 0 saturated carbocycles. The zero-order valence-electron chi connectivity index (χ0n) is 13.5. The van der Waals surface area contributed by atoms with Crippen molar-refractivity contribution in [1.29, 1.82) is 0 Å². The lowest BCUT2D eigenvalue weighted by molar-refractivity contribution is -0.0455. The second-order valence-corrected chi connectivity index (χ2v) is 7.96. The molecule has 128 valence electrons. The first-order chi connectivity index (χ1) is 11.0. The fourth-order valence-electron chi connectivity index (χ4n) is 3.08. The minimum atomic E-state index is -3.43. The molecule has 2 unspecified atom stereocenters. The Morgan fingerprint density at radius 3 is 2.26 bits per heavy atom. The van der Waals surface area contributed by atoms with Crippen molar-refractivity contribution in [2.75, 3.05) is 44.2 Å². The highest BCUT2D eigenvalue weighted by Gasteiger charge is 2.36. The summed E-state index contributed by atoms with van der Waals surface area (Å²) < 4.78 is 34.4. The molecule has 0 spiro atoms. The maximum atomic E-state index is 12.8. The van der Waals surface area contributed by atoms with Gasteiger partial charge in [0.25, 0.3) is 10.2 Å². The Bertz CT molecular complexity index is 609. The fraction of sp³-hybridized carbons (Fsp3) is 0.714. The van der Waals surface area contributed by atoms with E-state index in [2.05, 4.69) is 14.9 Å².